The Morgan fingerprint density at radius 1 is 1.12 bits per heavy atom. The standard InChI is InChI=1S/C19H21N3O4/c23-22(24)15-4-6-18(20-12-15)21-13-19(7-1-2-8-19)14-3-5-16-17(11-14)26-10-9-25-16/h3-6,11-12H,1-2,7-10,13H2,(H,20,21). The molecule has 2 heterocycles. The van der Waals surface area contributed by atoms with E-state index in [0.29, 0.717) is 19.0 Å². The van der Waals surface area contributed by atoms with E-state index in [1.165, 1.54) is 30.7 Å². The number of pyridine rings is 1. The predicted octanol–water partition coefficient (Wildman–Crippen LogP) is 3.68. The van der Waals surface area contributed by atoms with Crippen molar-refractivity contribution in [2.24, 2.45) is 0 Å². The van der Waals surface area contributed by atoms with E-state index < -0.39 is 4.92 Å². The molecule has 1 aromatic heterocycles. The number of nitro groups is 1. The maximum atomic E-state index is 10.8. The fourth-order valence-corrected chi connectivity index (χ4v) is 3.85. The van der Waals surface area contributed by atoms with Crippen LogP contribution in [-0.2, 0) is 5.41 Å². The molecule has 136 valence electrons. The van der Waals surface area contributed by atoms with Crippen LogP contribution in [0.4, 0.5) is 11.5 Å². The minimum Gasteiger partial charge on any atom is -0.486 e. The molecule has 0 saturated heterocycles. The summed E-state index contributed by atoms with van der Waals surface area (Å²) in [4.78, 5) is 14.5. The average Bonchev–Trinajstić information content (AvgIpc) is 3.16. The number of rotatable bonds is 5. The number of hydrogen-bond acceptors (Lipinski definition) is 6. The van der Waals surface area contributed by atoms with E-state index in [1.54, 1.807) is 6.07 Å². The van der Waals surface area contributed by atoms with E-state index in [-0.39, 0.29) is 11.1 Å². The Morgan fingerprint density at radius 3 is 2.58 bits per heavy atom. The Hall–Kier alpha value is -2.83. The topological polar surface area (TPSA) is 86.5 Å². The summed E-state index contributed by atoms with van der Waals surface area (Å²) in [6.07, 6.45) is 5.83. The van der Waals surface area contributed by atoms with Crippen LogP contribution in [0.2, 0.25) is 0 Å². The molecule has 1 aromatic carbocycles. The van der Waals surface area contributed by atoms with E-state index in [1.807, 2.05) is 6.07 Å². The SMILES string of the molecule is O=[N+]([O-])c1ccc(NCC2(c3ccc4c(c3)OCCO4)CCCC2)nc1. The lowest BCUT2D eigenvalue weighted by Crippen LogP contribution is -2.32. The third-order valence-corrected chi connectivity index (χ3v) is 5.28. The summed E-state index contributed by atoms with van der Waals surface area (Å²) in [6, 6.07) is 9.36. The number of benzene rings is 1. The average molecular weight is 355 g/mol. The Bertz CT molecular complexity index is 801. The molecule has 2 aliphatic rings. The maximum absolute atomic E-state index is 10.8. The van der Waals surface area contributed by atoms with Crippen LogP contribution >= 0.6 is 0 Å². The molecule has 2 aromatic rings. The van der Waals surface area contributed by atoms with Crippen molar-refractivity contribution in [3.63, 3.8) is 0 Å². The Labute approximate surface area is 151 Å². The fourth-order valence-electron chi connectivity index (χ4n) is 3.85. The van der Waals surface area contributed by atoms with Gasteiger partial charge in [-0.15, -0.1) is 0 Å². The summed E-state index contributed by atoms with van der Waals surface area (Å²) in [7, 11) is 0. The highest BCUT2D eigenvalue weighted by atomic mass is 16.6. The summed E-state index contributed by atoms with van der Waals surface area (Å²) in [6.45, 7) is 1.90. The summed E-state index contributed by atoms with van der Waals surface area (Å²) in [5.41, 5.74) is 1.26. The molecule has 0 spiro atoms. The Kier molecular flexibility index (Phi) is 4.36. The number of aromatic nitrogens is 1. The predicted molar refractivity (Wildman–Crippen MR) is 97.0 cm³/mol. The third kappa shape index (κ3) is 3.16. The highest BCUT2D eigenvalue weighted by Gasteiger charge is 2.36. The zero-order valence-electron chi connectivity index (χ0n) is 14.4. The van der Waals surface area contributed by atoms with Crippen LogP contribution in [0, 0.1) is 10.1 Å². The molecule has 0 amide bonds. The molecule has 4 rings (SSSR count). The second kappa shape index (κ2) is 6.82. The highest BCUT2D eigenvalue weighted by molar-refractivity contribution is 5.48. The summed E-state index contributed by atoms with van der Waals surface area (Å²) < 4.78 is 11.4. The van der Waals surface area contributed by atoms with Crippen LogP contribution in [0.5, 0.6) is 11.5 Å². The van der Waals surface area contributed by atoms with Crippen LogP contribution in [0.25, 0.3) is 0 Å². The summed E-state index contributed by atoms with van der Waals surface area (Å²) in [5.74, 6) is 2.27. The largest absolute Gasteiger partial charge is 0.486 e. The van der Waals surface area contributed by atoms with Gasteiger partial charge in [-0.1, -0.05) is 18.9 Å². The number of hydrogen-bond donors (Lipinski definition) is 1. The molecule has 1 aliphatic carbocycles. The van der Waals surface area contributed by atoms with Gasteiger partial charge in [-0.2, -0.15) is 0 Å². The van der Waals surface area contributed by atoms with Crippen molar-refractivity contribution in [2.75, 3.05) is 25.1 Å². The van der Waals surface area contributed by atoms with Crippen molar-refractivity contribution >= 4 is 11.5 Å². The lowest BCUT2D eigenvalue weighted by molar-refractivity contribution is -0.385. The van der Waals surface area contributed by atoms with Gasteiger partial charge in [-0.3, -0.25) is 10.1 Å². The number of fused-ring (bicyclic) bond motifs is 1. The van der Waals surface area contributed by atoms with Gasteiger partial charge in [0.15, 0.2) is 11.5 Å². The van der Waals surface area contributed by atoms with Gasteiger partial charge >= 0.3 is 0 Å². The highest BCUT2D eigenvalue weighted by Crippen LogP contribution is 2.44. The molecular formula is C19H21N3O4. The van der Waals surface area contributed by atoms with E-state index in [0.717, 1.165) is 30.9 Å². The molecule has 0 unspecified atom stereocenters. The van der Waals surface area contributed by atoms with Crippen molar-refractivity contribution in [3.05, 3.63) is 52.2 Å². The van der Waals surface area contributed by atoms with Crippen LogP contribution in [-0.4, -0.2) is 29.7 Å². The van der Waals surface area contributed by atoms with Gasteiger partial charge in [0.2, 0.25) is 0 Å². The molecule has 0 bridgehead atoms. The first-order chi connectivity index (χ1) is 12.7. The van der Waals surface area contributed by atoms with Gasteiger partial charge in [-0.05, 0) is 36.6 Å². The first-order valence-corrected chi connectivity index (χ1v) is 8.91. The molecule has 7 heteroatoms. The molecule has 0 atom stereocenters. The molecular weight excluding hydrogens is 334 g/mol. The summed E-state index contributed by atoms with van der Waals surface area (Å²) >= 11 is 0. The van der Waals surface area contributed by atoms with Crippen LogP contribution in [0.1, 0.15) is 31.2 Å². The van der Waals surface area contributed by atoms with Gasteiger partial charge in [0.1, 0.15) is 25.2 Å². The number of nitrogens with one attached hydrogen (secondary N) is 1. The van der Waals surface area contributed by atoms with Gasteiger partial charge in [0.25, 0.3) is 5.69 Å². The van der Waals surface area contributed by atoms with Gasteiger partial charge in [-0.25, -0.2) is 4.98 Å². The fraction of sp³-hybridized carbons (Fsp3) is 0.421. The molecule has 7 nitrogen and oxygen atoms in total. The first kappa shape index (κ1) is 16.6. The Balaban J connectivity index is 1.54. The first-order valence-electron chi connectivity index (χ1n) is 8.91. The zero-order valence-corrected chi connectivity index (χ0v) is 14.4. The minimum absolute atomic E-state index is 0.00188. The molecule has 1 saturated carbocycles. The van der Waals surface area contributed by atoms with Crippen LogP contribution < -0.4 is 14.8 Å². The number of anilines is 1. The second-order valence-corrected chi connectivity index (χ2v) is 6.86. The molecule has 1 N–H and O–H groups in total. The zero-order chi connectivity index (χ0) is 18.0. The van der Waals surface area contributed by atoms with Crippen molar-refractivity contribution in [3.8, 4) is 11.5 Å². The molecule has 1 fully saturated rings. The van der Waals surface area contributed by atoms with Gasteiger partial charge in [0, 0.05) is 18.0 Å². The van der Waals surface area contributed by atoms with E-state index >= 15 is 0 Å². The third-order valence-electron chi connectivity index (χ3n) is 5.28. The van der Waals surface area contributed by atoms with Gasteiger partial charge < -0.3 is 14.8 Å². The smallest absolute Gasteiger partial charge is 0.287 e. The summed E-state index contributed by atoms with van der Waals surface area (Å²) in [5, 5.41) is 14.1. The van der Waals surface area contributed by atoms with Crippen LogP contribution in [0.3, 0.4) is 0 Å². The monoisotopic (exact) mass is 355 g/mol. The molecule has 0 radical (unpaired) electrons. The van der Waals surface area contributed by atoms with Crippen molar-refractivity contribution in [1.82, 2.24) is 4.98 Å². The quantitative estimate of drug-likeness (QED) is 0.650. The lowest BCUT2D eigenvalue weighted by Gasteiger charge is -2.31. The maximum Gasteiger partial charge on any atom is 0.287 e. The second-order valence-electron chi connectivity index (χ2n) is 6.86. The lowest BCUT2D eigenvalue weighted by atomic mass is 9.78. The number of ether oxygens (including phenoxy) is 2. The van der Waals surface area contributed by atoms with E-state index in [9.17, 15) is 10.1 Å². The molecule has 26 heavy (non-hydrogen) atoms. The van der Waals surface area contributed by atoms with E-state index in [2.05, 4.69) is 22.4 Å². The minimum atomic E-state index is -0.440. The van der Waals surface area contributed by atoms with Crippen LogP contribution in [0.15, 0.2) is 36.5 Å². The van der Waals surface area contributed by atoms with Gasteiger partial charge in [0.05, 0.1) is 4.92 Å². The van der Waals surface area contributed by atoms with Crippen molar-refractivity contribution in [1.29, 1.82) is 0 Å². The van der Waals surface area contributed by atoms with E-state index in [4.69, 9.17) is 9.47 Å². The van der Waals surface area contributed by atoms with Crippen molar-refractivity contribution in [2.45, 2.75) is 31.1 Å². The normalized spacial score (nSPS) is 17.7. The van der Waals surface area contributed by atoms with Crippen molar-refractivity contribution < 1.29 is 14.4 Å². The Morgan fingerprint density at radius 2 is 1.88 bits per heavy atom. The molecule has 1 aliphatic heterocycles. The number of nitrogens with zero attached hydrogens (tertiary/aromatic N) is 2.